The van der Waals surface area contributed by atoms with Crippen LogP contribution >= 0.6 is 12.2 Å². The Bertz CT molecular complexity index is 451. The van der Waals surface area contributed by atoms with Crippen LogP contribution in [0.15, 0.2) is 24.3 Å². The maximum absolute atomic E-state index is 5.44. The molecule has 0 atom stereocenters. The van der Waals surface area contributed by atoms with Gasteiger partial charge in [0.15, 0.2) is 5.11 Å². The molecule has 0 spiro atoms. The smallest absolute Gasteiger partial charge is 0.169 e. The third-order valence-electron chi connectivity index (χ3n) is 3.87. The van der Waals surface area contributed by atoms with E-state index in [4.69, 9.17) is 12.2 Å². The zero-order chi connectivity index (χ0) is 14.5. The summed E-state index contributed by atoms with van der Waals surface area (Å²) in [6.07, 6.45) is 0. The Morgan fingerprint density at radius 1 is 1.30 bits per heavy atom. The zero-order valence-electron chi connectivity index (χ0n) is 12.8. The molecule has 0 aromatic heterocycles. The lowest BCUT2D eigenvalue weighted by atomic mass is 10.1. The highest BCUT2D eigenvalue weighted by Gasteiger charge is 2.22. The van der Waals surface area contributed by atoms with Crippen molar-refractivity contribution in [2.45, 2.75) is 33.4 Å². The summed E-state index contributed by atoms with van der Waals surface area (Å²) in [5.74, 6) is 0. The number of hydrogen-bond donors (Lipinski definition) is 2. The van der Waals surface area contributed by atoms with E-state index in [1.807, 2.05) is 0 Å². The van der Waals surface area contributed by atoms with Crippen molar-refractivity contribution in [3.8, 4) is 0 Å². The van der Waals surface area contributed by atoms with Gasteiger partial charge in [0.05, 0.1) is 26.2 Å². The van der Waals surface area contributed by atoms with E-state index in [9.17, 15) is 0 Å². The molecule has 1 aliphatic rings. The van der Waals surface area contributed by atoms with Crippen molar-refractivity contribution >= 4 is 17.3 Å². The van der Waals surface area contributed by atoms with E-state index < -0.39 is 0 Å². The number of piperazine rings is 1. The van der Waals surface area contributed by atoms with Crippen molar-refractivity contribution < 1.29 is 4.90 Å². The predicted molar refractivity (Wildman–Crippen MR) is 88.0 cm³/mol. The van der Waals surface area contributed by atoms with Gasteiger partial charge in [-0.15, -0.1) is 0 Å². The molecular formula is C16H26N3S+. The van der Waals surface area contributed by atoms with Crippen LogP contribution in [0.25, 0.3) is 0 Å². The van der Waals surface area contributed by atoms with E-state index >= 15 is 0 Å². The Morgan fingerprint density at radius 2 is 1.95 bits per heavy atom. The SMILES string of the molecule is Cc1ccccc1C[NH+]1CCN(C(=S)NC(C)C)CC1. The Labute approximate surface area is 128 Å². The van der Waals surface area contributed by atoms with E-state index in [1.54, 1.807) is 4.90 Å². The van der Waals surface area contributed by atoms with Crippen LogP contribution in [-0.4, -0.2) is 42.2 Å². The number of benzene rings is 1. The monoisotopic (exact) mass is 292 g/mol. The minimum Gasteiger partial charge on any atom is -0.360 e. The molecule has 0 radical (unpaired) electrons. The molecule has 20 heavy (non-hydrogen) atoms. The van der Waals surface area contributed by atoms with Crippen molar-refractivity contribution in [3.05, 3.63) is 35.4 Å². The average molecular weight is 292 g/mol. The summed E-state index contributed by atoms with van der Waals surface area (Å²) in [6, 6.07) is 9.12. The fourth-order valence-corrected chi connectivity index (χ4v) is 3.04. The third-order valence-corrected chi connectivity index (χ3v) is 4.25. The number of nitrogens with one attached hydrogen (secondary N) is 2. The van der Waals surface area contributed by atoms with Crippen molar-refractivity contribution in [2.24, 2.45) is 0 Å². The lowest BCUT2D eigenvalue weighted by molar-refractivity contribution is -0.917. The molecule has 4 heteroatoms. The highest BCUT2D eigenvalue weighted by atomic mass is 32.1. The second kappa shape index (κ2) is 7.04. The van der Waals surface area contributed by atoms with Crippen molar-refractivity contribution in [2.75, 3.05) is 26.2 Å². The van der Waals surface area contributed by atoms with Gasteiger partial charge in [-0.05, 0) is 38.6 Å². The standard InChI is InChI=1S/C16H25N3S/c1-13(2)17-16(20)19-10-8-18(9-11-19)12-15-7-5-4-6-14(15)3/h4-7,13H,8-12H2,1-3H3,(H,17,20)/p+1. The summed E-state index contributed by atoms with van der Waals surface area (Å²) >= 11 is 5.44. The maximum Gasteiger partial charge on any atom is 0.169 e. The molecule has 0 unspecified atom stereocenters. The van der Waals surface area contributed by atoms with Gasteiger partial charge in [0.25, 0.3) is 0 Å². The van der Waals surface area contributed by atoms with Crippen molar-refractivity contribution in [1.82, 2.24) is 10.2 Å². The van der Waals surface area contributed by atoms with Gasteiger partial charge >= 0.3 is 0 Å². The number of aryl methyl sites for hydroxylation is 1. The fourth-order valence-electron chi connectivity index (χ4n) is 2.62. The predicted octanol–water partition coefficient (Wildman–Crippen LogP) is 0.978. The second-order valence-electron chi connectivity index (χ2n) is 5.94. The summed E-state index contributed by atoms with van der Waals surface area (Å²) in [6.45, 7) is 12.0. The largest absolute Gasteiger partial charge is 0.360 e. The molecule has 1 saturated heterocycles. The van der Waals surface area contributed by atoms with Crippen LogP contribution in [-0.2, 0) is 6.54 Å². The van der Waals surface area contributed by atoms with Crippen LogP contribution in [0, 0.1) is 6.92 Å². The first kappa shape index (κ1) is 15.3. The molecule has 0 amide bonds. The molecule has 2 N–H and O–H groups in total. The fraction of sp³-hybridized carbons (Fsp3) is 0.562. The molecular weight excluding hydrogens is 266 g/mol. The molecule has 110 valence electrons. The second-order valence-corrected chi connectivity index (χ2v) is 6.33. The van der Waals surface area contributed by atoms with Crippen LogP contribution in [0.4, 0.5) is 0 Å². The summed E-state index contributed by atoms with van der Waals surface area (Å²) < 4.78 is 0. The molecule has 2 rings (SSSR count). The van der Waals surface area contributed by atoms with E-state index in [1.165, 1.54) is 11.1 Å². The third kappa shape index (κ3) is 4.18. The van der Waals surface area contributed by atoms with Gasteiger partial charge in [0.1, 0.15) is 6.54 Å². The van der Waals surface area contributed by atoms with Gasteiger partial charge < -0.3 is 15.1 Å². The number of nitrogens with zero attached hydrogens (tertiary/aromatic N) is 1. The molecule has 1 aliphatic heterocycles. The quantitative estimate of drug-likeness (QED) is 0.810. The highest BCUT2D eigenvalue weighted by molar-refractivity contribution is 7.80. The molecule has 1 fully saturated rings. The van der Waals surface area contributed by atoms with E-state index in [0.29, 0.717) is 6.04 Å². The minimum absolute atomic E-state index is 0.417. The molecule has 1 aromatic carbocycles. The first-order valence-electron chi connectivity index (χ1n) is 7.50. The summed E-state index contributed by atoms with van der Waals surface area (Å²) in [7, 11) is 0. The molecule has 0 aliphatic carbocycles. The Balaban J connectivity index is 1.83. The van der Waals surface area contributed by atoms with Gasteiger partial charge in [0, 0.05) is 11.6 Å². The van der Waals surface area contributed by atoms with Crippen molar-refractivity contribution in [1.29, 1.82) is 0 Å². The first-order valence-corrected chi connectivity index (χ1v) is 7.90. The minimum atomic E-state index is 0.417. The van der Waals surface area contributed by atoms with E-state index in [0.717, 1.165) is 37.8 Å². The molecule has 1 aromatic rings. The van der Waals surface area contributed by atoms with Crippen LogP contribution in [0.3, 0.4) is 0 Å². The Hall–Kier alpha value is -1.13. The van der Waals surface area contributed by atoms with E-state index in [-0.39, 0.29) is 0 Å². The van der Waals surface area contributed by atoms with Crippen LogP contribution in [0.1, 0.15) is 25.0 Å². The highest BCUT2D eigenvalue weighted by Crippen LogP contribution is 2.05. The number of thiocarbonyl (C=S) groups is 1. The number of quaternary nitrogens is 1. The Kier molecular flexibility index (Phi) is 5.38. The van der Waals surface area contributed by atoms with Crippen LogP contribution in [0.2, 0.25) is 0 Å². The van der Waals surface area contributed by atoms with Gasteiger partial charge in [-0.3, -0.25) is 0 Å². The molecule has 1 heterocycles. The first-order chi connectivity index (χ1) is 9.56. The number of hydrogen-bond acceptors (Lipinski definition) is 1. The zero-order valence-corrected chi connectivity index (χ0v) is 13.6. The topological polar surface area (TPSA) is 19.7 Å². The van der Waals surface area contributed by atoms with Gasteiger partial charge in [0.2, 0.25) is 0 Å². The summed E-state index contributed by atoms with van der Waals surface area (Å²) in [4.78, 5) is 3.96. The summed E-state index contributed by atoms with van der Waals surface area (Å²) in [5, 5.41) is 4.25. The van der Waals surface area contributed by atoms with Crippen LogP contribution in [0.5, 0.6) is 0 Å². The van der Waals surface area contributed by atoms with E-state index in [2.05, 4.69) is 55.3 Å². The maximum atomic E-state index is 5.44. The van der Waals surface area contributed by atoms with Gasteiger partial charge in [-0.2, -0.15) is 0 Å². The number of rotatable bonds is 3. The lowest BCUT2D eigenvalue weighted by Gasteiger charge is -2.34. The molecule has 3 nitrogen and oxygen atoms in total. The molecule has 0 saturated carbocycles. The summed E-state index contributed by atoms with van der Waals surface area (Å²) in [5.41, 5.74) is 2.87. The van der Waals surface area contributed by atoms with Gasteiger partial charge in [-0.1, -0.05) is 24.3 Å². The molecule has 0 bridgehead atoms. The van der Waals surface area contributed by atoms with Crippen molar-refractivity contribution in [3.63, 3.8) is 0 Å². The average Bonchev–Trinajstić information content (AvgIpc) is 2.41. The Morgan fingerprint density at radius 3 is 2.55 bits per heavy atom. The normalized spacial score (nSPS) is 16.5. The van der Waals surface area contributed by atoms with Crippen LogP contribution < -0.4 is 10.2 Å². The lowest BCUT2D eigenvalue weighted by Crippen LogP contribution is -3.13. The van der Waals surface area contributed by atoms with Gasteiger partial charge in [-0.25, -0.2) is 0 Å².